The molecule has 2 aliphatic rings. The number of ether oxygens (including phenoxy) is 1. The number of pyridine rings is 1. The standard InChI is InChI=1S/C31H33N5O3S/c1-18(2)22-9-5-6-10-25(22)39-21-11-12-23(19(3)16-21)36-24-13-14-32-30-26(24)27(34-31(36)38)28(40-30)29(37)33-20-8-7-15-35(4)17-20/h5-6,9-14,16,18,20H,7-8,15,17H2,1-4H3,(H,33,37)(H,34,38). The second-order valence-corrected chi connectivity index (χ2v) is 11.9. The van der Waals surface area contributed by atoms with E-state index >= 15 is 0 Å². The second-order valence-electron chi connectivity index (χ2n) is 10.9. The second kappa shape index (κ2) is 10.6. The SMILES string of the molecule is Cc1cc(Oc2ccccc2C(C)C)ccc1N1C(=O)Nc2c(C(=O)NC3CCCN(C)C3)sc3nccc1c23. The molecule has 1 saturated heterocycles. The van der Waals surface area contributed by atoms with Crippen molar-refractivity contribution < 1.29 is 14.3 Å². The van der Waals surface area contributed by atoms with E-state index in [0.29, 0.717) is 32.7 Å². The van der Waals surface area contributed by atoms with Crippen molar-refractivity contribution in [3.05, 3.63) is 70.7 Å². The number of rotatable bonds is 6. The lowest BCUT2D eigenvalue weighted by molar-refractivity contribution is 0.0917. The summed E-state index contributed by atoms with van der Waals surface area (Å²) >= 11 is 1.31. The smallest absolute Gasteiger partial charge is 0.331 e. The Balaban J connectivity index is 1.32. The van der Waals surface area contributed by atoms with Gasteiger partial charge in [0.1, 0.15) is 21.2 Å². The number of hydrogen-bond acceptors (Lipinski definition) is 6. The Bertz CT molecular complexity index is 1610. The Morgan fingerprint density at radius 1 is 1.18 bits per heavy atom. The zero-order valence-electron chi connectivity index (χ0n) is 23.2. The molecule has 0 aliphatic carbocycles. The van der Waals surface area contributed by atoms with Crippen LogP contribution in [0.15, 0.2) is 54.7 Å². The number of aryl methyl sites for hydroxylation is 1. The molecule has 0 radical (unpaired) electrons. The molecule has 2 aromatic carbocycles. The summed E-state index contributed by atoms with van der Waals surface area (Å²) in [6, 6.07) is 15.4. The van der Waals surface area contributed by atoms with E-state index in [9.17, 15) is 9.59 Å². The molecule has 2 aliphatic heterocycles. The van der Waals surface area contributed by atoms with Gasteiger partial charge in [-0.1, -0.05) is 32.0 Å². The van der Waals surface area contributed by atoms with Crippen LogP contribution in [0.1, 0.15) is 53.4 Å². The van der Waals surface area contributed by atoms with Gasteiger partial charge >= 0.3 is 6.03 Å². The van der Waals surface area contributed by atoms with Crippen molar-refractivity contribution in [3.63, 3.8) is 0 Å². The first-order valence-electron chi connectivity index (χ1n) is 13.7. The zero-order chi connectivity index (χ0) is 28.0. The highest BCUT2D eigenvalue weighted by molar-refractivity contribution is 7.21. The number of likely N-dealkylation sites (tertiary alicyclic amines) is 1. The number of piperidine rings is 1. The lowest BCUT2D eigenvalue weighted by atomic mass is 10.0. The number of nitrogens with one attached hydrogen (secondary N) is 2. The number of carbonyl (C=O) groups is 2. The molecule has 9 heteroatoms. The van der Waals surface area contributed by atoms with Crippen LogP contribution in [-0.2, 0) is 0 Å². The van der Waals surface area contributed by atoms with Crippen LogP contribution >= 0.6 is 11.3 Å². The van der Waals surface area contributed by atoms with Gasteiger partial charge in [-0.2, -0.15) is 0 Å². The summed E-state index contributed by atoms with van der Waals surface area (Å²) in [5, 5.41) is 6.96. The predicted molar refractivity (Wildman–Crippen MR) is 161 cm³/mol. The minimum absolute atomic E-state index is 0.0859. The predicted octanol–water partition coefficient (Wildman–Crippen LogP) is 7.03. The summed E-state index contributed by atoms with van der Waals surface area (Å²) in [7, 11) is 2.07. The molecule has 4 heterocycles. The van der Waals surface area contributed by atoms with Gasteiger partial charge in [0.2, 0.25) is 0 Å². The molecule has 3 amide bonds. The highest BCUT2D eigenvalue weighted by Gasteiger charge is 2.34. The number of urea groups is 1. The number of amides is 3. The monoisotopic (exact) mass is 555 g/mol. The summed E-state index contributed by atoms with van der Waals surface area (Å²) in [4.78, 5) is 36.5. The van der Waals surface area contributed by atoms with Crippen LogP contribution in [0, 0.1) is 6.92 Å². The van der Waals surface area contributed by atoms with E-state index in [-0.39, 0.29) is 18.0 Å². The first-order valence-corrected chi connectivity index (χ1v) is 14.5. The molecule has 0 spiro atoms. The van der Waals surface area contributed by atoms with Crippen molar-refractivity contribution >= 4 is 50.6 Å². The molecular weight excluding hydrogens is 522 g/mol. The van der Waals surface area contributed by atoms with E-state index < -0.39 is 0 Å². The van der Waals surface area contributed by atoms with Crippen LogP contribution in [0.25, 0.3) is 10.2 Å². The molecule has 0 saturated carbocycles. The number of nitrogens with zero attached hydrogens (tertiary/aromatic N) is 3. The summed E-state index contributed by atoms with van der Waals surface area (Å²) in [5.74, 6) is 1.69. The number of aromatic nitrogens is 1. The molecule has 1 fully saturated rings. The molecule has 1 atom stereocenters. The molecule has 2 aromatic heterocycles. The normalized spacial score (nSPS) is 17.3. The third-order valence-electron chi connectivity index (χ3n) is 7.59. The fourth-order valence-corrected chi connectivity index (χ4v) is 6.66. The minimum atomic E-state index is -0.313. The van der Waals surface area contributed by atoms with Gasteiger partial charge in [-0.25, -0.2) is 9.78 Å². The summed E-state index contributed by atoms with van der Waals surface area (Å²) in [5.41, 5.74) is 4.01. The van der Waals surface area contributed by atoms with Crippen molar-refractivity contribution in [2.45, 2.75) is 45.6 Å². The van der Waals surface area contributed by atoms with Crippen molar-refractivity contribution in [2.75, 3.05) is 30.4 Å². The molecule has 40 heavy (non-hydrogen) atoms. The third-order valence-corrected chi connectivity index (χ3v) is 8.69. The fraction of sp³-hybridized carbons (Fsp3) is 0.323. The molecule has 0 bridgehead atoms. The first kappa shape index (κ1) is 26.3. The number of likely N-dealkylation sites (N-methyl/N-ethyl adjacent to an activating group) is 1. The number of anilines is 3. The Morgan fingerprint density at radius 3 is 2.77 bits per heavy atom. The maximum atomic E-state index is 13.6. The Kier molecular flexibility index (Phi) is 6.93. The summed E-state index contributed by atoms with van der Waals surface area (Å²) in [6.45, 7) is 8.10. The molecule has 4 aromatic rings. The van der Waals surface area contributed by atoms with Gasteiger partial charge in [-0.05, 0) is 80.7 Å². The van der Waals surface area contributed by atoms with Crippen LogP contribution < -0.4 is 20.3 Å². The van der Waals surface area contributed by atoms with Gasteiger partial charge in [0, 0.05) is 18.8 Å². The van der Waals surface area contributed by atoms with E-state index in [4.69, 9.17) is 4.74 Å². The van der Waals surface area contributed by atoms with Gasteiger partial charge in [-0.15, -0.1) is 11.3 Å². The van der Waals surface area contributed by atoms with Crippen LogP contribution in [0.4, 0.5) is 21.9 Å². The van der Waals surface area contributed by atoms with Gasteiger partial charge in [0.05, 0.1) is 22.4 Å². The number of carbonyl (C=O) groups excluding carboxylic acids is 2. The number of hydrogen-bond donors (Lipinski definition) is 2. The van der Waals surface area contributed by atoms with Crippen LogP contribution in [0.5, 0.6) is 11.5 Å². The van der Waals surface area contributed by atoms with E-state index in [1.165, 1.54) is 11.3 Å². The van der Waals surface area contributed by atoms with Gasteiger partial charge in [0.25, 0.3) is 5.91 Å². The van der Waals surface area contributed by atoms with Crippen molar-refractivity contribution in [2.24, 2.45) is 0 Å². The van der Waals surface area contributed by atoms with Gasteiger partial charge in [-0.3, -0.25) is 9.69 Å². The zero-order valence-corrected chi connectivity index (χ0v) is 24.0. The number of benzene rings is 2. The highest BCUT2D eigenvalue weighted by atomic mass is 32.1. The lowest BCUT2D eigenvalue weighted by Gasteiger charge is -2.31. The largest absolute Gasteiger partial charge is 0.457 e. The van der Waals surface area contributed by atoms with Crippen molar-refractivity contribution in [1.29, 1.82) is 0 Å². The van der Waals surface area contributed by atoms with Gasteiger partial charge in [0.15, 0.2) is 0 Å². The average molecular weight is 556 g/mol. The molecule has 206 valence electrons. The topological polar surface area (TPSA) is 86.8 Å². The number of thiophene rings is 1. The Labute approximate surface area is 238 Å². The van der Waals surface area contributed by atoms with E-state index in [0.717, 1.165) is 53.9 Å². The van der Waals surface area contributed by atoms with Gasteiger partial charge < -0.3 is 20.3 Å². The molecule has 6 rings (SSSR count). The first-order chi connectivity index (χ1) is 19.3. The maximum Gasteiger partial charge on any atom is 0.331 e. The Hall–Kier alpha value is -3.95. The van der Waals surface area contributed by atoms with E-state index in [2.05, 4.69) is 47.5 Å². The third kappa shape index (κ3) is 4.80. The average Bonchev–Trinajstić information content (AvgIpc) is 3.29. The van der Waals surface area contributed by atoms with Crippen LogP contribution in [0.2, 0.25) is 0 Å². The fourth-order valence-electron chi connectivity index (χ4n) is 5.64. The highest BCUT2D eigenvalue weighted by Crippen LogP contribution is 2.46. The van der Waals surface area contributed by atoms with Crippen LogP contribution in [-0.4, -0.2) is 48.0 Å². The maximum absolute atomic E-state index is 13.6. The molecule has 1 unspecified atom stereocenters. The number of para-hydroxylation sites is 1. The van der Waals surface area contributed by atoms with E-state index in [1.54, 1.807) is 11.1 Å². The molecular formula is C31H33N5O3S. The van der Waals surface area contributed by atoms with E-state index in [1.807, 2.05) is 49.4 Å². The summed E-state index contributed by atoms with van der Waals surface area (Å²) in [6.07, 6.45) is 3.69. The van der Waals surface area contributed by atoms with Crippen molar-refractivity contribution in [3.8, 4) is 11.5 Å². The molecule has 2 N–H and O–H groups in total. The van der Waals surface area contributed by atoms with Crippen LogP contribution in [0.3, 0.4) is 0 Å². The van der Waals surface area contributed by atoms with Crippen molar-refractivity contribution in [1.82, 2.24) is 15.2 Å². The quantitative estimate of drug-likeness (QED) is 0.267. The minimum Gasteiger partial charge on any atom is -0.457 e. The lowest BCUT2D eigenvalue weighted by Crippen LogP contribution is -2.46. The molecule has 8 nitrogen and oxygen atoms in total. The summed E-state index contributed by atoms with van der Waals surface area (Å²) < 4.78 is 6.26. The Morgan fingerprint density at radius 2 is 2.00 bits per heavy atom.